The van der Waals surface area contributed by atoms with Crippen molar-refractivity contribution in [3.8, 4) is 34.1 Å². The van der Waals surface area contributed by atoms with E-state index in [1.165, 1.54) is 0 Å². The number of rotatable bonds is 3. The number of phenols is 1. The number of nitrogens with two attached hydrogens (primary N) is 1. The molecule has 1 atom stereocenters. The van der Waals surface area contributed by atoms with Gasteiger partial charge in [0.25, 0.3) is 0 Å². The summed E-state index contributed by atoms with van der Waals surface area (Å²) >= 11 is 0. The quantitative estimate of drug-likeness (QED) is 0.579. The van der Waals surface area contributed by atoms with Crippen LogP contribution in [0, 0.1) is 24.2 Å². The Morgan fingerprint density at radius 2 is 1.77 bits per heavy atom. The molecule has 5 nitrogen and oxygen atoms in total. The number of nitriles is 1. The van der Waals surface area contributed by atoms with Crippen LogP contribution in [0.25, 0.3) is 22.3 Å². The van der Waals surface area contributed by atoms with Gasteiger partial charge in [0.2, 0.25) is 0 Å². The van der Waals surface area contributed by atoms with E-state index in [-0.39, 0.29) is 11.7 Å². The molecule has 150 valence electrons. The predicted molar refractivity (Wildman–Crippen MR) is 121 cm³/mol. The summed E-state index contributed by atoms with van der Waals surface area (Å²) in [4.78, 5) is 4.56. The van der Waals surface area contributed by atoms with Crippen LogP contribution in [-0.4, -0.2) is 17.1 Å². The van der Waals surface area contributed by atoms with Gasteiger partial charge in [0, 0.05) is 23.4 Å². The Kier molecular flexibility index (Phi) is 4.81. The number of hydrogen-bond acceptors (Lipinski definition) is 5. The molecule has 4 rings (SSSR count). The summed E-state index contributed by atoms with van der Waals surface area (Å²) in [6.45, 7) is 6.09. The molecule has 1 unspecified atom stereocenters. The highest BCUT2D eigenvalue weighted by Crippen LogP contribution is 2.40. The minimum atomic E-state index is -0.864. The lowest BCUT2D eigenvalue weighted by Crippen LogP contribution is -2.52. The molecule has 1 heterocycles. The molecule has 0 bridgehead atoms. The molecular formula is C25H24N4O. The number of phenolic OH excluding ortho intramolecular Hbond substituents is 1. The molecule has 0 aromatic heterocycles. The number of anilines is 1. The van der Waals surface area contributed by atoms with Crippen molar-refractivity contribution in [2.24, 2.45) is 16.6 Å². The summed E-state index contributed by atoms with van der Waals surface area (Å²) in [5.41, 5.74) is 13.9. The molecule has 4 N–H and O–H groups in total. The van der Waals surface area contributed by atoms with Crippen molar-refractivity contribution in [1.82, 2.24) is 0 Å². The monoisotopic (exact) mass is 396 g/mol. The van der Waals surface area contributed by atoms with Gasteiger partial charge in [-0.2, -0.15) is 5.26 Å². The Bertz CT molecular complexity index is 1190. The van der Waals surface area contributed by atoms with E-state index in [1.54, 1.807) is 12.1 Å². The number of nitrogens with one attached hydrogen (secondary N) is 1. The lowest BCUT2D eigenvalue weighted by Gasteiger charge is -2.35. The van der Waals surface area contributed by atoms with Crippen LogP contribution in [0.5, 0.6) is 5.75 Å². The number of aliphatic imine (C=N–C) groups is 1. The Labute approximate surface area is 176 Å². The predicted octanol–water partition coefficient (Wildman–Crippen LogP) is 5.02. The van der Waals surface area contributed by atoms with Crippen LogP contribution in [0.3, 0.4) is 0 Å². The Morgan fingerprint density at radius 3 is 2.43 bits per heavy atom. The average Bonchev–Trinajstić information content (AvgIpc) is 2.74. The first kappa shape index (κ1) is 19.7. The van der Waals surface area contributed by atoms with Gasteiger partial charge in [0.15, 0.2) is 5.79 Å². The van der Waals surface area contributed by atoms with Crippen molar-refractivity contribution in [3.05, 3.63) is 71.3 Å². The first-order chi connectivity index (χ1) is 14.3. The van der Waals surface area contributed by atoms with Crippen LogP contribution < -0.4 is 11.1 Å². The van der Waals surface area contributed by atoms with Gasteiger partial charge in [-0.3, -0.25) is 5.73 Å². The molecule has 0 radical (unpaired) electrons. The van der Waals surface area contributed by atoms with Crippen molar-refractivity contribution < 1.29 is 5.11 Å². The molecule has 5 heteroatoms. The second-order valence-electron chi connectivity index (χ2n) is 8.04. The second kappa shape index (κ2) is 7.33. The molecule has 1 aliphatic rings. The van der Waals surface area contributed by atoms with Gasteiger partial charge in [-0.15, -0.1) is 0 Å². The molecule has 0 amide bonds. The summed E-state index contributed by atoms with van der Waals surface area (Å²) in [5.74, 6) is -0.544. The standard InChI is InChI=1S/C25H24N4O/c1-15(2)25(27)28-14-19-11-23(21-10-17(13-26)5-4-16(21)3)22(12-24(19)29-25)18-6-8-20(30)9-7-18/h4-12,14-15,29-30H,27H2,1-3H3. The lowest BCUT2D eigenvalue weighted by molar-refractivity contribution is 0.368. The fourth-order valence-corrected chi connectivity index (χ4v) is 3.63. The molecule has 0 aliphatic carbocycles. The van der Waals surface area contributed by atoms with Gasteiger partial charge < -0.3 is 10.4 Å². The first-order valence-electron chi connectivity index (χ1n) is 9.91. The van der Waals surface area contributed by atoms with Gasteiger partial charge in [-0.05, 0) is 71.1 Å². The number of fused-ring (bicyclic) bond motifs is 1. The molecule has 30 heavy (non-hydrogen) atoms. The average molecular weight is 396 g/mol. The third-order valence-electron chi connectivity index (χ3n) is 5.66. The largest absolute Gasteiger partial charge is 0.508 e. The van der Waals surface area contributed by atoms with Crippen molar-refractivity contribution in [2.75, 3.05) is 5.32 Å². The van der Waals surface area contributed by atoms with Crippen LogP contribution in [-0.2, 0) is 0 Å². The Morgan fingerprint density at radius 1 is 1.03 bits per heavy atom. The van der Waals surface area contributed by atoms with Crippen molar-refractivity contribution >= 4 is 11.9 Å². The number of nitrogens with zero attached hydrogens (tertiary/aromatic N) is 2. The van der Waals surface area contributed by atoms with Crippen LogP contribution in [0.1, 0.15) is 30.5 Å². The van der Waals surface area contributed by atoms with Crippen LogP contribution in [0.15, 0.2) is 59.6 Å². The van der Waals surface area contributed by atoms with Crippen molar-refractivity contribution in [3.63, 3.8) is 0 Å². The molecule has 0 saturated heterocycles. The molecular weight excluding hydrogens is 372 g/mol. The zero-order chi connectivity index (χ0) is 21.5. The summed E-state index contributed by atoms with van der Waals surface area (Å²) in [6, 6.07) is 19.2. The number of hydrogen-bond donors (Lipinski definition) is 3. The van der Waals surface area contributed by atoms with Gasteiger partial charge in [0.05, 0.1) is 11.6 Å². The Hall–Kier alpha value is -3.62. The minimum absolute atomic E-state index is 0.105. The number of benzene rings is 3. The molecule has 3 aromatic rings. The van der Waals surface area contributed by atoms with Crippen molar-refractivity contribution in [1.29, 1.82) is 5.26 Å². The highest BCUT2D eigenvalue weighted by molar-refractivity contribution is 5.98. The molecule has 0 fully saturated rings. The van der Waals surface area contributed by atoms with E-state index in [0.29, 0.717) is 5.56 Å². The topological polar surface area (TPSA) is 94.4 Å². The third-order valence-corrected chi connectivity index (χ3v) is 5.66. The van der Waals surface area contributed by atoms with Gasteiger partial charge in [-0.25, -0.2) is 4.99 Å². The van der Waals surface area contributed by atoms with E-state index < -0.39 is 5.79 Å². The van der Waals surface area contributed by atoms with Gasteiger partial charge >= 0.3 is 0 Å². The zero-order valence-electron chi connectivity index (χ0n) is 17.3. The van der Waals surface area contributed by atoms with E-state index in [2.05, 4.69) is 28.5 Å². The summed E-state index contributed by atoms with van der Waals surface area (Å²) in [7, 11) is 0. The molecule has 1 aliphatic heterocycles. The van der Waals surface area contributed by atoms with E-state index in [1.807, 2.05) is 57.3 Å². The third kappa shape index (κ3) is 3.42. The lowest BCUT2D eigenvalue weighted by atomic mass is 9.88. The van der Waals surface area contributed by atoms with Crippen LogP contribution >= 0.6 is 0 Å². The summed E-state index contributed by atoms with van der Waals surface area (Å²) in [5, 5.41) is 22.5. The number of aryl methyl sites for hydroxylation is 1. The number of aromatic hydroxyl groups is 1. The highest BCUT2D eigenvalue weighted by Gasteiger charge is 2.31. The van der Waals surface area contributed by atoms with E-state index in [9.17, 15) is 10.4 Å². The normalized spacial score (nSPS) is 17.3. The minimum Gasteiger partial charge on any atom is -0.508 e. The highest BCUT2D eigenvalue weighted by atomic mass is 16.3. The van der Waals surface area contributed by atoms with Crippen LogP contribution in [0.2, 0.25) is 0 Å². The first-order valence-corrected chi connectivity index (χ1v) is 9.91. The van der Waals surface area contributed by atoms with Crippen LogP contribution in [0.4, 0.5) is 5.69 Å². The van der Waals surface area contributed by atoms with E-state index in [4.69, 9.17) is 5.73 Å². The smallest absolute Gasteiger partial charge is 0.184 e. The Balaban J connectivity index is 1.97. The molecule has 0 saturated carbocycles. The fraction of sp³-hybridized carbons (Fsp3) is 0.200. The second-order valence-corrected chi connectivity index (χ2v) is 8.04. The molecule has 0 spiro atoms. The van der Waals surface area contributed by atoms with E-state index >= 15 is 0 Å². The maximum absolute atomic E-state index is 9.74. The zero-order valence-corrected chi connectivity index (χ0v) is 17.3. The van der Waals surface area contributed by atoms with Crippen molar-refractivity contribution in [2.45, 2.75) is 26.6 Å². The summed E-state index contributed by atoms with van der Waals surface area (Å²) < 4.78 is 0. The maximum Gasteiger partial charge on any atom is 0.184 e. The van der Waals surface area contributed by atoms with Gasteiger partial charge in [0.1, 0.15) is 5.75 Å². The SMILES string of the molecule is Cc1ccc(C#N)cc1-c1cc2c(cc1-c1ccc(O)cc1)NC(N)(C(C)C)N=C2. The fourth-order valence-electron chi connectivity index (χ4n) is 3.63. The molecule has 3 aromatic carbocycles. The maximum atomic E-state index is 9.74. The summed E-state index contributed by atoms with van der Waals surface area (Å²) in [6.07, 6.45) is 1.82. The van der Waals surface area contributed by atoms with Gasteiger partial charge in [-0.1, -0.05) is 32.0 Å². The van der Waals surface area contributed by atoms with E-state index in [0.717, 1.165) is 39.1 Å².